The van der Waals surface area contributed by atoms with Gasteiger partial charge in [-0.25, -0.2) is 0 Å². The number of anilines is 6. The van der Waals surface area contributed by atoms with Gasteiger partial charge >= 0.3 is 0 Å². The molecule has 4 heterocycles. The summed E-state index contributed by atoms with van der Waals surface area (Å²) in [4.78, 5) is 4.92. The standard InChI is InChI=1S/C132H104N2O2S2/c1-129(2,3)92-74-90(75-93(79-92)130(4,5)6)100-38-22-29-87-31-24-43-111(124(87)100)105-33-13-18-49-118(105)134(99-69-60-86(61-70-99)104-42-28-47-115-110-37-16-21-52-123(110)138-128(104)115)97-65-56-84(57-66-97)102-40-26-45-113-116-73-82(53-72-120(116)136-126(102)113)81-132(10,11)95-77-91(76-94(80-95)131(7,8)9)101-39-23-30-88-32-25-44-112(125(88)101)106-34-12-17-48-117(106)133(96-63-54-83(55-64-96)89-62-71-108-107-35-14-19-50-119(107)135-121(108)78-89)98-67-58-85(59-68-98)103-41-27-46-114-109-36-15-20-51-122(109)137-127(103)114/h12-80H,81H2,1-11H3. The molecular weight excluding hydrogens is 1710 g/mol. The number of nitrogens with zero attached hydrogens (tertiary/aromatic N) is 2. The highest BCUT2D eigenvalue weighted by molar-refractivity contribution is 7.26. The number of hydrogen-bond donors (Lipinski definition) is 0. The molecule has 20 aromatic carbocycles. The van der Waals surface area contributed by atoms with Crippen LogP contribution in [-0.4, -0.2) is 0 Å². The van der Waals surface area contributed by atoms with E-state index in [9.17, 15) is 0 Å². The minimum Gasteiger partial charge on any atom is -0.456 e. The Morgan fingerprint density at radius 1 is 0.225 bits per heavy atom. The number of thiophene rings is 2. The molecule has 0 unspecified atom stereocenters. The minimum atomic E-state index is -0.315. The van der Waals surface area contributed by atoms with Crippen molar-refractivity contribution < 1.29 is 8.83 Å². The summed E-state index contributed by atoms with van der Waals surface area (Å²) in [7, 11) is 0. The van der Waals surface area contributed by atoms with E-state index < -0.39 is 0 Å². The van der Waals surface area contributed by atoms with Crippen LogP contribution in [0.2, 0.25) is 0 Å². The summed E-state index contributed by atoms with van der Waals surface area (Å²) in [5, 5.41) is 14.4. The zero-order valence-corrected chi connectivity index (χ0v) is 81.2. The lowest BCUT2D eigenvalue weighted by molar-refractivity contribution is 0.517. The summed E-state index contributed by atoms with van der Waals surface area (Å²) in [6.07, 6.45) is 0.794. The summed E-state index contributed by atoms with van der Waals surface area (Å²) in [6, 6.07) is 157. The minimum absolute atomic E-state index is 0.0518. The first-order valence-electron chi connectivity index (χ1n) is 48.3. The van der Waals surface area contributed by atoms with E-state index in [2.05, 4.69) is 492 Å². The van der Waals surface area contributed by atoms with Crippen LogP contribution in [0.15, 0.2) is 427 Å². The Kier molecular flexibility index (Phi) is 20.8. The van der Waals surface area contributed by atoms with Crippen molar-refractivity contribution >= 4 is 163 Å². The van der Waals surface area contributed by atoms with Crippen molar-refractivity contribution in [3.05, 3.63) is 446 Å². The van der Waals surface area contributed by atoms with Crippen molar-refractivity contribution in [2.24, 2.45) is 0 Å². The van der Waals surface area contributed by atoms with Crippen molar-refractivity contribution in [1.82, 2.24) is 0 Å². The van der Waals surface area contributed by atoms with Gasteiger partial charge in [0.25, 0.3) is 0 Å². The molecule has 138 heavy (non-hydrogen) atoms. The molecule has 0 spiro atoms. The van der Waals surface area contributed by atoms with Gasteiger partial charge in [0.1, 0.15) is 22.3 Å². The Morgan fingerprint density at radius 3 is 1.08 bits per heavy atom. The van der Waals surface area contributed by atoms with E-state index in [1.54, 1.807) is 0 Å². The lowest BCUT2D eigenvalue weighted by Gasteiger charge is -2.30. The van der Waals surface area contributed by atoms with Crippen LogP contribution in [0.1, 0.15) is 104 Å². The average molecular weight is 1810 g/mol. The van der Waals surface area contributed by atoms with E-state index in [0.717, 1.165) is 123 Å². The third-order valence-corrected chi connectivity index (χ3v) is 31.1. The smallest absolute Gasteiger partial charge is 0.143 e. The predicted octanol–water partition coefficient (Wildman–Crippen LogP) is 39.2. The molecule has 0 fully saturated rings. The molecular formula is C132H104N2O2S2. The summed E-state index contributed by atoms with van der Waals surface area (Å²) in [5.74, 6) is 0. The molecule has 0 N–H and O–H groups in total. The Bertz CT molecular complexity index is 8900. The maximum Gasteiger partial charge on any atom is 0.143 e. The van der Waals surface area contributed by atoms with E-state index in [-0.39, 0.29) is 21.7 Å². The lowest BCUT2D eigenvalue weighted by Crippen LogP contribution is -2.22. The maximum absolute atomic E-state index is 7.13. The molecule has 0 saturated heterocycles. The fraction of sp³-hybridized carbons (Fsp3) is 0.121. The zero-order chi connectivity index (χ0) is 93.6. The number of benzene rings is 20. The fourth-order valence-electron chi connectivity index (χ4n) is 21.3. The molecule has 0 amide bonds. The first kappa shape index (κ1) is 85.5. The number of fused-ring (bicyclic) bond motifs is 14. The summed E-state index contributed by atoms with van der Waals surface area (Å²) < 4.78 is 18.8. The first-order chi connectivity index (χ1) is 67.0. The average Bonchev–Trinajstić information content (AvgIpc) is 1.02. The molecule has 0 aliphatic heterocycles. The maximum atomic E-state index is 7.13. The molecule has 4 nitrogen and oxygen atoms in total. The van der Waals surface area contributed by atoms with Crippen LogP contribution >= 0.6 is 22.7 Å². The van der Waals surface area contributed by atoms with Gasteiger partial charge in [0.2, 0.25) is 0 Å². The van der Waals surface area contributed by atoms with Gasteiger partial charge in [-0.15, -0.1) is 22.7 Å². The van der Waals surface area contributed by atoms with Crippen LogP contribution in [0.4, 0.5) is 34.1 Å². The van der Waals surface area contributed by atoms with Crippen molar-refractivity contribution in [3.63, 3.8) is 0 Å². The van der Waals surface area contributed by atoms with Crippen molar-refractivity contribution in [1.29, 1.82) is 0 Å². The predicted molar refractivity (Wildman–Crippen MR) is 594 cm³/mol. The lowest BCUT2D eigenvalue weighted by atomic mass is 9.75. The molecule has 666 valence electrons. The number of para-hydroxylation sites is 4. The van der Waals surface area contributed by atoms with Crippen molar-refractivity contribution in [2.75, 3.05) is 9.80 Å². The molecule has 0 bridgehead atoms. The van der Waals surface area contributed by atoms with E-state index in [1.165, 1.54) is 140 Å². The third kappa shape index (κ3) is 15.2. The van der Waals surface area contributed by atoms with Gasteiger partial charge in [-0.05, 0) is 253 Å². The fourth-order valence-corrected chi connectivity index (χ4v) is 23.8. The topological polar surface area (TPSA) is 32.8 Å². The second-order valence-corrected chi connectivity index (χ2v) is 43.3. The molecule has 0 radical (unpaired) electrons. The van der Waals surface area contributed by atoms with Gasteiger partial charge in [0.15, 0.2) is 0 Å². The van der Waals surface area contributed by atoms with E-state index in [4.69, 9.17) is 8.83 Å². The van der Waals surface area contributed by atoms with E-state index >= 15 is 0 Å². The van der Waals surface area contributed by atoms with E-state index in [1.807, 2.05) is 34.8 Å². The van der Waals surface area contributed by atoms with Gasteiger partial charge < -0.3 is 18.6 Å². The molecule has 4 aromatic heterocycles. The Morgan fingerprint density at radius 2 is 0.587 bits per heavy atom. The Labute approximate surface area is 814 Å². The molecule has 0 aliphatic rings. The van der Waals surface area contributed by atoms with Crippen LogP contribution in [0.5, 0.6) is 0 Å². The van der Waals surface area contributed by atoms with Gasteiger partial charge in [0.05, 0.1) is 11.4 Å². The second-order valence-electron chi connectivity index (χ2n) is 41.2. The van der Waals surface area contributed by atoms with Crippen molar-refractivity contribution in [3.8, 4) is 89.0 Å². The quantitative estimate of drug-likeness (QED) is 0.0910. The normalized spacial score (nSPS) is 12.3. The van der Waals surface area contributed by atoms with Gasteiger partial charge in [-0.2, -0.15) is 0 Å². The summed E-state index contributed by atoms with van der Waals surface area (Å²) in [6.45, 7) is 25.9. The highest BCUT2D eigenvalue weighted by Crippen LogP contribution is 2.53. The molecule has 24 aromatic rings. The zero-order valence-electron chi connectivity index (χ0n) is 79.6. The Hall–Kier alpha value is -15.4. The molecule has 0 aliphatic carbocycles. The number of furan rings is 2. The first-order valence-corrected chi connectivity index (χ1v) is 49.9. The van der Waals surface area contributed by atoms with Crippen LogP contribution in [-0.2, 0) is 28.1 Å². The number of hydrogen-bond acceptors (Lipinski definition) is 6. The van der Waals surface area contributed by atoms with Crippen LogP contribution in [0.25, 0.3) is 195 Å². The SMILES string of the molecule is CC(C)(C)c1cc(-c2cccc3cccc(-c4ccccc4N(c4ccc(-c5cccc6c5oc5ccc(CC(C)(C)c7cc(-c8cccc9cccc(-c%10ccccc%10N(c%10ccc(-c%11ccc%12c(c%11)oc%11ccccc%11%12)cc%10)c%10ccc(-c%11cccc%12c%11sc%11ccccc%11%12)cc%10)c89)cc(C(C)(C)C)c7)cc56)cc4)c4ccc(-c5cccc6c5sc5ccccc56)cc4)c23)cc(C(C)(C)C)c1. The van der Waals surface area contributed by atoms with Gasteiger partial charge in [-0.3, -0.25) is 0 Å². The largest absolute Gasteiger partial charge is 0.456 e. The molecule has 6 heteroatoms. The highest BCUT2D eigenvalue weighted by Gasteiger charge is 2.31. The summed E-state index contributed by atoms with van der Waals surface area (Å²) >= 11 is 3.75. The second kappa shape index (κ2) is 33.5. The summed E-state index contributed by atoms with van der Waals surface area (Å²) in [5.41, 5.74) is 34.4. The van der Waals surface area contributed by atoms with Crippen LogP contribution in [0, 0.1) is 0 Å². The van der Waals surface area contributed by atoms with Crippen molar-refractivity contribution in [2.45, 2.75) is 104 Å². The third-order valence-electron chi connectivity index (χ3n) is 28.7. The number of rotatable bonds is 17. The molecule has 24 rings (SSSR count). The molecule has 0 atom stereocenters. The van der Waals surface area contributed by atoms with Gasteiger partial charge in [-0.1, -0.05) is 392 Å². The molecule has 0 saturated carbocycles. The van der Waals surface area contributed by atoms with Gasteiger partial charge in [0, 0.05) is 101 Å². The monoisotopic (exact) mass is 1810 g/mol. The van der Waals surface area contributed by atoms with Crippen LogP contribution < -0.4 is 9.80 Å². The highest BCUT2D eigenvalue weighted by atomic mass is 32.1. The van der Waals surface area contributed by atoms with E-state index in [0.29, 0.717) is 0 Å². The Balaban J connectivity index is 0.572. The van der Waals surface area contributed by atoms with Crippen LogP contribution in [0.3, 0.4) is 0 Å².